The van der Waals surface area contributed by atoms with Gasteiger partial charge in [-0.2, -0.15) is 30.0 Å². The minimum absolute atomic E-state index is 0.399. The van der Waals surface area contributed by atoms with Gasteiger partial charge in [0.2, 0.25) is 0 Å². The molecule has 8 heteroatoms. The Balaban J connectivity index is 1.72. The fourth-order valence-corrected chi connectivity index (χ4v) is 4.92. The second-order valence-corrected chi connectivity index (χ2v) is 12.9. The summed E-state index contributed by atoms with van der Waals surface area (Å²) in [5.41, 5.74) is 7.22. The summed E-state index contributed by atoms with van der Waals surface area (Å²) in [4.78, 5) is 3.65. The summed E-state index contributed by atoms with van der Waals surface area (Å²) in [6.45, 7) is 20.1. The Morgan fingerprint density at radius 3 is 1.62 bits per heavy atom. The van der Waals surface area contributed by atoms with Gasteiger partial charge in [0.15, 0.2) is 6.54 Å². The molecule has 0 fully saturated rings. The van der Waals surface area contributed by atoms with Crippen LogP contribution in [0, 0.1) is 23.7 Å². The van der Waals surface area contributed by atoms with Crippen LogP contribution in [0.4, 0.5) is 0 Å². The molecular formula is C34H44N6O2. The Morgan fingerprint density at radius 1 is 0.643 bits per heavy atom. The average molecular weight is 569 g/mol. The third-order valence-corrected chi connectivity index (χ3v) is 6.77. The maximum Gasteiger partial charge on any atom is 0.165 e. The van der Waals surface area contributed by atoms with Gasteiger partial charge in [-0.1, -0.05) is 79.7 Å². The van der Waals surface area contributed by atoms with Gasteiger partial charge in [-0.25, -0.2) is 0 Å². The molecule has 5 aromatic rings. The predicted molar refractivity (Wildman–Crippen MR) is 168 cm³/mol. The molecule has 5 rings (SSSR count). The first kappa shape index (κ1) is 29.5. The summed E-state index contributed by atoms with van der Waals surface area (Å²) >= 11 is 0. The Kier molecular flexibility index (Phi) is 8.80. The highest BCUT2D eigenvalue weighted by Gasteiger charge is 2.23. The van der Waals surface area contributed by atoms with Crippen molar-refractivity contribution in [2.75, 3.05) is 13.2 Å². The molecule has 0 saturated carbocycles. The van der Waals surface area contributed by atoms with E-state index in [4.69, 9.17) is 29.9 Å². The van der Waals surface area contributed by atoms with E-state index in [2.05, 4.69) is 79.7 Å². The Bertz CT molecular complexity index is 1450. The van der Waals surface area contributed by atoms with Crippen LogP contribution in [-0.4, -0.2) is 33.3 Å². The fourth-order valence-electron chi connectivity index (χ4n) is 4.92. The van der Waals surface area contributed by atoms with Crippen molar-refractivity contribution >= 4 is 22.1 Å². The van der Waals surface area contributed by atoms with E-state index in [0.29, 0.717) is 36.9 Å². The van der Waals surface area contributed by atoms with Gasteiger partial charge in [0.25, 0.3) is 0 Å². The number of nitrogens with zero attached hydrogens (tertiary/aromatic N) is 6. The lowest BCUT2D eigenvalue weighted by Crippen LogP contribution is -2.42. The van der Waals surface area contributed by atoms with E-state index in [0.717, 1.165) is 68.9 Å². The molecule has 0 amide bonds. The molecule has 0 aliphatic carbocycles. The predicted octanol–water partition coefficient (Wildman–Crippen LogP) is 6.94. The van der Waals surface area contributed by atoms with Crippen LogP contribution in [-0.2, 0) is 13.1 Å². The number of ether oxygens (including phenoxy) is 2. The monoisotopic (exact) mass is 568 g/mol. The molecule has 0 aliphatic rings. The number of aromatic nitrogens is 6. The Morgan fingerprint density at radius 2 is 1.14 bits per heavy atom. The van der Waals surface area contributed by atoms with Crippen LogP contribution in [0.3, 0.4) is 0 Å². The minimum atomic E-state index is 0.399. The molecule has 0 N–H and O–H groups in total. The molecule has 0 saturated heterocycles. The van der Waals surface area contributed by atoms with Crippen LogP contribution < -0.4 is 19.4 Å². The molecule has 0 spiro atoms. The molecule has 0 unspecified atom stereocenters. The highest BCUT2D eigenvalue weighted by molar-refractivity contribution is 6.16. The van der Waals surface area contributed by atoms with Crippen LogP contribution in [0.25, 0.3) is 44.3 Å². The zero-order chi connectivity index (χ0) is 30.0. The van der Waals surface area contributed by atoms with E-state index in [1.54, 1.807) is 0 Å². The summed E-state index contributed by atoms with van der Waals surface area (Å²) in [7, 11) is 0. The van der Waals surface area contributed by atoms with E-state index in [1.165, 1.54) is 0 Å². The van der Waals surface area contributed by atoms with E-state index in [9.17, 15) is 0 Å². The SMILES string of the molecule is CC(C)COc1ccc(-c2c3nn(CC(C)C)nc3c(-c3ccc(OCC(C)C)cc3)c3[n-][n+](CC(C)C)nc23)cc1. The van der Waals surface area contributed by atoms with Gasteiger partial charge < -0.3 is 9.47 Å². The Hall–Kier alpha value is -3.94. The summed E-state index contributed by atoms with van der Waals surface area (Å²) in [6.07, 6.45) is 0. The summed E-state index contributed by atoms with van der Waals surface area (Å²) in [5, 5.41) is 20.2. The van der Waals surface area contributed by atoms with Crippen molar-refractivity contribution in [1.29, 1.82) is 0 Å². The number of hydrogen-bond donors (Lipinski definition) is 0. The van der Waals surface area contributed by atoms with E-state index in [-0.39, 0.29) is 0 Å². The van der Waals surface area contributed by atoms with Gasteiger partial charge in [-0.3, -0.25) is 0 Å². The molecule has 0 bridgehead atoms. The molecule has 42 heavy (non-hydrogen) atoms. The van der Waals surface area contributed by atoms with Crippen LogP contribution in [0.5, 0.6) is 11.5 Å². The van der Waals surface area contributed by atoms with Crippen LogP contribution in [0.1, 0.15) is 55.4 Å². The van der Waals surface area contributed by atoms with Gasteiger partial charge in [0, 0.05) is 28.1 Å². The molecule has 0 atom stereocenters. The lowest BCUT2D eigenvalue weighted by molar-refractivity contribution is -0.808. The smallest absolute Gasteiger partial charge is 0.165 e. The largest absolute Gasteiger partial charge is 0.493 e. The maximum absolute atomic E-state index is 5.97. The number of benzene rings is 3. The molecule has 3 aromatic carbocycles. The van der Waals surface area contributed by atoms with Crippen LogP contribution in [0.15, 0.2) is 48.5 Å². The van der Waals surface area contributed by atoms with Crippen LogP contribution in [0.2, 0.25) is 0 Å². The molecule has 8 nitrogen and oxygen atoms in total. The second kappa shape index (κ2) is 12.5. The van der Waals surface area contributed by atoms with E-state index >= 15 is 0 Å². The third-order valence-electron chi connectivity index (χ3n) is 6.77. The second-order valence-electron chi connectivity index (χ2n) is 12.9. The lowest BCUT2D eigenvalue weighted by atomic mass is 9.95. The molecule has 2 aromatic heterocycles. The molecular weight excluding hydrogens is 524 g/mol. The van der Waals surface area contributed by atoms with Crippen LogP contribution >= 0.6 is 0 Å². The average Bonchev–Trinajstić information content (AvgIpc) is 3.52. The van der Waals surface area contributed by atoms with Gasteiger partial charge in [-0.05, 0) is 53.1 Å². The summed E-state index contributed by atoms with van der Waals surface area (Å²) in [6, 6.07) is 16.5. The highest BCUT2D eigenvalue weighted by atomic mass is 16.5. The standard InChI is InChI=1S/C34H44N6O2/c1-21(2)17-39-35-31-29(25-9-13-27(14-10-25)41-19-23(5)6)33-34(38-40(37-33)18-22(3)4)30(32(31)36-39)26-11-15-28(16-12-26)42-20-24(7)8/h9-16,21-24H,17-20H2,1-8H3. The first-order chi connectivity index (χ1) is 20.1. The van der Waals surface area contributed by atoms with Gasteiger partial charge in [-0.15, -0.1) is 0 Å². The lowest BCUT2D eigenvalue weighted by Gasteiger charge is -2.13. The zero-order valence-corrected chi connectivity index (χ0v) is 26.3. The Labute approximate surface area is 249 Å². The zero-order valence-electron chi connectivity index (χ0n) is 26.3. The third kappa shape index (κ3) is 6.58. The summed E-state index contributed by atoms with van der Waals surface area (Å²) < 4.78 is 11.9. The summed E-state index contributed by atoms with van der Waals surface area (Å²) in [5.74, 6) is 3.41. The van der Waals surface area contributed by atoms with Gasteiger partial charge >= 0.3 is 0 Å². The fraction of sp³-hybridized carbons (Fsp3) is 0.471. The van der Waals surface area contributed by atoms with Crippen molar-refractivity contribution in [3.05, 3.63) is 48.5 Å². The van der Waals surface area contributed by atoms with Crippen molar-refractivity contribution in [3.8, 4) is 33.8 Å². The van der Waals surface area contributed by atoms with Crippen molar-refractivity contribution in [3.63, 3.8) is 0 Å². The van der Waals surface area contributed by atoms with Gasteiger partial charge in [0.1, 0.15) is 22.5 Å². The first-order valence-electron chi connectivity index (χ1n) is 15.2. The topological polar surface area (TPSA) is 80.0 Å². The van der Waals surface area contributed by atoms with Crippen molar-refractivity contribution < 1.29 is 14.3 Å². The highest BCUT2D eigenvalue weighted by Crippen LogP contribution is 2.41. The molecule has 222 valence electrons. The minimum Gasteiger partial charge on any atom is -0.493 e. The molecule has 0 radical (unpaired) electrons. The molecule has 0 aliphatic heterocycles. The maximum atomic E-state index is 5.97. The number of rotatable bonds is 12. The quantitative estimate of drug-likeness (QED) is 0.152. The number of hydrogen-bond acceptors (Lipinski definition) is 5. The van der Waals surface area contributed by atoms with E-state index < -0.39 is 0 Å². The van der Waals surface area contributed by atoms with Crippen molar-refractivity contribution in [2.45, 2.75) is 68.5 Å². The first-order valence-corrected chi connectivity index (χ1v) is 15.2. The van der Waals surface area contributed by atoms with Crippen molar-refractivity contribution in [2.24, 2.45) is 23.7 Å². The van der Waals surface area contributed by atoms with Gasteiger partial charge in [0.05, 0.1) is 19.8 Å². The normalized spacial score (nSPS) is 12.1. The number of fused-ring (bicyclic) bond motifs is 2. The molecule has 2 heterocycles. The van der Waals surface area contributed by atoms with E-state index in [1.807, 2.05) is 33.9 Å². The van der Waals surface area contributed by atoms with Crippen molar-refractivity contribution in [1.82, 2.24) is 25.2 Å².